The third-order valence-corrected chi connectivity index (χ3v) is 9.43. The first-order valence-electron chi connectivity index (χ1n) is 11.1. The first-order valence-corrected chi connectivity index (χ1v) is 12.6. The van der Waals surface area contributed by atoms with Crippen LogP contribution in [0.15, 0.2) is 24.3 Å². The molecule has 0 atom stereocenters. The molecule has 1 aliphatic heterocycles. The highest BCUT2D eigenvalue weighted by Gasteiger charge is 2.37. The second-order valence-electron chi connectivity index (χ2n) is 8.82. The lowest BCUT2D eigenvalue weighted by Gasteiger charge is -2.34. The lowest BCUT2D eigenvalue weighted by atomic mass is 9.82. The van der Waals surface area contributed by atoms with Gasteiger partial charge in [-0.3, -0.25) is 4.79 Å². The number of hydrogen-bond donors (Lipinski definition) is 0. The van der Waals surface area contributed by atoms with Gasteiger partial charge < -0.3 is 4.74 Å². The Morgan fingerprint density at radius 2 is 1.81 bits per heavy atom. The Hall–Kier alpha value is -1.99. The van der Waals surface area contributed by atoms with E-state index < -0.39 is 10.0 Å². The van der Waals surface area contributed by atoms with Gasteiger partial charge in [0, 0.05) is 13.1 Å². The zero-order valence-electron chi connectivity index (χ0n) is 18.2. The molecule has 5 nitrogen and oxygen atoms in total. The molecule has 0 N–H and O–H groups in total. The second-order valence-corrected chi connectivity index (χ2v) is 11.0. The molecule has 0 amide bonds. The first kappa shape index (κ1) is 22.2. The van der Waals surface area contributed by atoms with E-state index in [1.807, 2.05) is 13.0 Å². The highest BCUT2D eigenvalue weighted by atomic mass is 32.2. The van der Waals surface area contributed by atoms with E-state index in [2.05, 4.69) is 0 Å². The number of ether oxygens (including phenoxy) is 1. The molecule has 0 spiro atoms. The highest BCUT2D eigenvalue weighted by Crippen LogP contribution is 2.39. The molecule has 1 saturated heterocycles. The van der Waals surface area contributed by atoms with Crippen LogP contribution in [-0.4, -0.2) is 44.1 Å². The zero-order valence-corrected chi connectivity index (χ0v) is 19.0. The standard InChI is InChI=1S/C24H30FNO4S/c1-16-19(14-23(27)30-2)13-18-7-8-20(25)15-22(18)24(16)17-9-11-26(12-10-17)31(28,29)21-5-3-4-6-21/h7-8,13,15,17,21H,3-6,9-12,14H2,1-2H3. The lowest BCUT2D eigenvalue weighted by Crippen LogP contribution is -2.42. The number of halogens is 1. The number of fused-ring (bicyclic) bond motifs is 1. The van der Waals surface area contributed by atoms with Gasteiger partial charge in [0.2, 0.25) is 10.0 Å². The van der Waals surface area contributed by atoms with Gasteiger partial charge in [-0.2, -0.15) is 0 Å². The third kappa shape index (κ3) is 4.35. The fourth-order valence-corrected chi connectivity index (χ4v) is 7.36. The van der Waals surface area contributed by atoms with Gasteiger partial charge in [0.05, 0.1) is 18.8 Å². The number of carbonyl (C=O) groups excluding carboxylic acids is 1. The number of sulfonamides is 1. The van der Waals surface area contributed by atoms with Gasteiger partial charge in [0.25, 0.3) is 0 Å². The number of hydrogen-bond acceptors (Lipinski definition) is 4. The molecular formula is C24H30FNO4S. The van der Waals surface area contributed by atoms with Crippen molar-refractivity contribution in [3.05, 3.63) is 46.8 Å². The van der Waals surface area contributed by atoms with Crippen molar-refractivity contribution in [1.29, 1.82) is 0 Å². The Labute approximate surface area is 183 Å². The van der Waals surface area contributed by atoms with E-state index in [4.69, 9.17) is 4.74 Å². The fraction of sp³-hybridized carbons (Fsp3) is 0.542. The van der Waals surface area contributed by atoms with Crippen molar-refractivity contribution in [2.24, 2.45) is 0 Å². The van der Waals surface area contributed by atoms with Crippen molar-refractivity contribution < 1.29 is 22.3 Å². The second kappa shape index (κ2) is 8.87. The molecule has 7 heteroatoms. The van der Waals surface area contributed by atoms with Gasteiger partial charge in [0.1, 0.15) is 5.82 Å². The molecule has 2 aliphatic rings. The molecule has 168 valence electrons. The normalized spacial score (nSPS) is 19.2. The molecule has 0 unspecified atom stereocenters. The van der Waals surface area contributed by atoms with E-state index in [0.717, 1.165) is 53.1 Å². The summed E-state index contributed by atoms with van der Waals surface area (Å²) in [6.07, 6.45) is 5.06. The highest BCUT2D eigenvalue weighted by molar-refractivity contribution is 7.89. The van der Waals surface area contributed by atoms with Crippen molar-refractivity contribution in [3.63, 3.8) is 0 Å². The van der Waals surface area contributed by atoms with Crippen LogP contribution in [0, 0.1) is 12.7 Å². The Morgan fingerprint density at radius 3 is 2.45 bits per heavy atom. The molecule has 1 saturated carbocycles. The summed E-state index contributed by atoms with van der Waals surface area (Å²) in [7, 11) is -1.87. The molecule has 1 heterocycles. The maximum atomic E-state index is 14.1. The molecule has 1 aliphatic carbocycles. The van der Waals surface area contributed by atoms with Crippen LogP contribution in [0.2, 0.25) is 0 Å². The summed E-state index contributed by atoms with van der Waals surface area (Å²) >= 11 is 0. The summed E-state index contributed by atoms with van der Waals surface area (Å²) in [6.45, 7) is 2.95. The summed E-state index contributed by atoms with van der Waals surface area (Å²) in [4.78, 5) is 11.9. The van der Waals surface area contributed by atoms with Crippen LogP contribution in [0.3, 0.4) is 0 Å². The smallest absolute Gasteiger partial charge is 0.309 e. The first-order chi connectivity index (χ1) is 14.8. The minimum Gasteiger partial charge on any atom is -0.469 e. The third-order valence-electron chi connectivity index (χ3n) is 7.03. The van der Waals surface area contributed by atoms with Crippen LogP contribution < -0.4 is 0 Å². The summed E-state index contributed by atoms with van der Waals surface area (Å²) in [6, 6.07) is 6.67. The summed E-state index contributed by atoms with van der Waals surface area (Å²) < 4.78 is 46.6. The topological polar surface area (TPSA) is 63.7 Å². The van der Waals surface area contributed by atoms with Gasteiger partial charge in [-0.25, -0.2) is 17.1 Å². The summed E-state index contributed by atoms with van der Waals surface area (Å²) in [5, 5.41) is 1.51. The van der Waals surface area contributed by atoms with Crippen LogP contribution in [0.1, 0.15) is 61.1 Å². The molecule has 2 aromatic carbocycles. The maximum absolute atomic E-state index is 14.1. The number of esters is 1. The number of carbonyl (C=O) groups is 1. The van der Waals surface area contributed by atoms with E-state index in [-0.39, 0.29) is 29.4 Å². The average Bonchev–Trinajstić information content (AvgIpc) is 3.30. The SMILES string of the molecule is COC(=O)Cc1cc2ccc(F)cc2c(C2CCN(S(=O)(=O)C3CCCC3)CC2)c1C. The Bertz CT molecular complexity index is 1080. The number of nitrogens with zero attached hydrogens (tertiary/aromatic N) is 1. The summed E-state index contributed by atoms with van der Waals surface area (Å²) in [5.74, 6) is -0.486. The molecule has 31 heavy (non-hydrogen) atoms. The van der Waals surface area contributed by atoms with E-state index in [9.17, 15) is 17.6 Å². The molecule has 0 radical (unpaired) electrons. The average molecular weight is 448 g/mol. The molecule has 4 rings (SSSR count). The van der Waals surface area contributed by atoms with Gasteiger partial charge in [-0.15, -0.1) is 0 Å². The van der Waals surface area contributed by atoms with Gasteiger partial charge >= 0.3 is 5.97 Å². The van der Waals surface area contributed by atoms with E-state index in [1.165, 1.54) is 13.2 Å². The van der Waals surface area contributed by atoms with Gasteiger partial charge in [-0.1, -0.05) is 25.0 Å². The number of methoxy groups -OCH3 is 1. The van der Waals surface area contributed by atoms with Crippen LogP contribution in [-0.2, 0) is 26.0 Å². The monoisotopic (exact) mass is 447 g/mol. The van der Waals surface area contributed by atoms with Crippen molar-refractivity contribution in [2.75, 3.05) is 20.2 Å². The number of piperidine rings is 1. The minimum absolute atomic E-state index is 0.122. The summed E-state index contributed by atoms with van der Waals surface area (Å²) in [5.41, 5.74) is 2.89. The Morgan fingerprint density at radius 1 is 1.13 bits per heavy atom. The van der Waals surface area contributed by atoms with E-state index in [1.54, 1.807) is 16.4 Å². The van der Waals surface area contributed by atoms with Crippen LogP contribution >= 0.6 is 0 Å². The van der Waals surface area contributed by atoms with Crippen molar-refractivity contribution in [3.8, 4) is 0 Å². The van der Waals surface area contributed by atoms with Gasteiger partial charge in [0.15, 0.2) is 0 Å². The maximum Gasteiger partial charge on any atom is 0.309 e. The van der Waals surface area contributed by atoms with Crippen molar-refractivity contribution in [1.82, 2.24) is 4.31 Å². The van der Waals surface area contributed by atoms with Crippen LogP contribution in [0.25, 0.3) is 10.8 Å². The predicted molar refractivity (Wildman–Crippen MR) is 119 cm³/mol. The Kier molecular flexibility index (Phi) is 6.35. The molecular weight excluding hydrogens is 417 g/mol. The molecule has 2 fully saturated rings. The van der Waals surface area contributed by atoms with Crippen LogP contribution in [0.4, 0.5) is 4.39 Å². The predicted octanol–water partition coefficient (Wildman–Crippen LogP) is 4.45. The zero-order chi connectivity index (χ0) is 22.2. The van der Waals surface area contributed by atoms with Crippen molar-refractivity contribution >= 4 is 26.8 Å². The van der Waals surface area contributed by atoms with Gasteiger partial charge in [-0.05, 0) is 78.1 Å². The number of benzene rings is 2. The number of rotatable bonds is 5. The molecule has 0 aromatic heterocycles. The minimum atomic E-state index is -3.24. The lowest BCUT2D eigenvalue weighted by molar-refractivity contribution is -0.139. The van der Waals surface area contributed by atoms with E-state index in [0.29, 0.717) is 25.9 Å². The van der Waals surface area contributed by atoms with Crippen LogP contribution in [0.5, 0.6) is 0 Å². The van der Waals surface area contributed by atoms with E-state index >= 15 is 0 Å². The van der Waals surface area contributed by atoms with Crippen molar-refractivity contribution in [2.45, 2.75) is 63.0 Å². The fourth-order valence-electron chi connectivity index (χ4n) is 5.29. The molecule has 0 bridgehead atoms. The molecule has 2 aromatic rings. The Balaban J connectivity index is 1.65. The largest absolute Gasteiger partial charge is 0.469 e. The quantitative estimate of drug-likeness (QED) is 0.635.